The van der Waals surface area contributed by atoms with Crippen LogP contribution >= 0.6 is 0 Å². The quantitative estimate of drug-likeness (QED) is 0.811. The fraction of sp³-hybridized carbons (Fsp3) is 0.238. The standard InChI is InChI=1S/C21H24N2O3/c1-15-10-16(2)12-18(11-15)22-20(24)14-23(3)21(25)9-8-17-6-5-7-19(13-17)26-4/h5-13H,14H2,1-4H3,(H,22,24)/b9-8+. The molecule has 0 aliphatic carbocycles. The lowest BCUT2D eigenvalue weighted by Crippen LogP contribution is -2.33. The zero-order valence-corrected chi connectivity index (χ0v) is 15.6. The molecule has 136 valence electrons. The number of carbonyl (C=O) groups is 2. The molecule has 2 aromatic carbocycles. The van der Waals surface area contributed by atoms with Crippen molar-refractivity contribution in [1.29, 1.82) is 0 Å². The Hall–Kier alpha value is -3.08. The molecule has 0 atom stereocenters. The highest BCUT2D eigenvalue weighted by molar-refractivity contribution is 5.98. The molecule has 2 rings (SSSR count). The van der Waals surface area contributed by atoms with Crippen LogP contribution in [0.2, 0.25) is 0 Å². The number of nitrogens with one attached hydrogen (secondary N) is 1. The first-order valence-electron chi connectivity index (χ1n) is 8.33. The van der Waals surface area contributed by atoms with Crippen LogP contribution in [0.15, 0.2) is 48.5 Å². The number of hydrogen-bond acceptors (Lipinski definition) is 3. The molecule has 0 aliphatic heterocycles. The van der Waals surface area contributed by atoms with Gasteiger partial charge in [0.25, 0.3) is 0 Å². The fourth-order valence-corrected chi connectivity index (χ4v) is 2.58. The number of rotatable bonds is 6. The van der Waals surface area contributed by atoms with Gasteiger partial charge in [-0.05, 0) is 60.9 Å². The van der Waals surface area contributed by atoms with Gasteiger partial charge in [-0.3, -0.25) is 9.59 Å². The number of ether oxygens (including phenoxy) is 1. The van der Waals surface area contributed by atoms with E-state index in [-0.39, 0.29) is 18.4 Å². The number of methoxy groups -OCH3 is 1. The molecule has 0 unspecified atom stereocenters. The van der Waals surface area contributed by atoms with Crippen LogP contribution in [-0.2, 0) is 9.59 Å². The number of likely N-dealkylation sites (N-methyl/N-ethyl adjacent to an activating group) is 1. The smallest absolute Gasteiger partial charge is 0.246 e. The highest BCUT2D eigenvalue weighted by Crippen LogP contribution is 2.14. The van der Waals surface area contributed by atoms with Crippen molar-refractivity contribution in [3.63, 3.8) is 0 Å². The summed E-state index contributed by atoms with van der Waals surface area (Å²) in [5, 5.41) is 2.82. The van der Waals surface area contributed by atoms with Crippen LogP contribution in [0, 0.1) is 13.8 Å². The molecule has 2 amide bonds. The number of aryl methyl sites for hydroxylation is 2. The van der Waals surface area contributed by atoms with Crippen molar-refractivity contribution in [2.75, 3.05) is 26.0 Å². The first-order chi connectivity index (χ1) is 12.4. The summed E-state index contributed by atoms with van der Waals surface area (Å²) in [5.41, 5.74) is 3.74. The van der Waals surface area contributed by atoms with Gasteiger partial charge >= 0.3 is 0 Å². The molecule has 5 nitrogen and oxygen atoms in total. The Morgan fingerprint density at radius 2 is 1.81 bits per heavy atom. The fourth-order valence-electron chi connectivity index (χ4n) is 2.58. The average molecular weight is 352 g/mol. The maximum Gasteiger partial charge on any atom is 0.246 e. The van der Waals surface area contributed by atoms with E-state index in [1.54, 1.807) is 20.2 Å². The summed E-state index contributed by atoms with van der Waals surface area (Å²) in [6, 6.07) is 13.2. The average Bonchev–Trinajstić information content (AvgIpc) is 2.58. The van der Waals surface area contributed by atoms with Gasteiger partial charge in [-0.15, -0.1) is 0 Å². The molecule has 0 radical (unpaired) electrons. The minimum absolute atomic E-state index is 0.0196. The second-order valence-corrected chi connectivity index (χ2v) is 6.23. The van der Waals surface area contributed by atoms with Crippen molar-refractivity contribution in [1.82, 2.24) is 4.90 Å². The SMILES string of the molecule is COc1cccc(/C=C/C(=O)N(C)CC(=O)Nc2cc(C)cc(C)c2)c1. The van der Waals surface area contributed by atoms with Crippen LogP contribution in [0.3, 0.4) is 0 Å². The van der Waals surface area contributed by atoms with Crippen LogP contribution in [0.1, 0.15) is 16.7 Å². The van der Waals surface area contributed by atoms with E-state index >= 15 is 0 Å². The minimum atomic E-state index is -0.247. The molecule has 0 saturated heterocycles. The lowest BCUT2D eigenvalue weighted by atomic mass is 10.1. The summed E-state index contributed by atoms with van der Waals surface area (Å²) >= 11 is 0. The molecule has 5 heteroatoms. The minimum Gasteiger partial charge on any atom is -0.497 e. The molecular formula is C21H24N2O3. The summed E-state index contributed by atoms with van der Waals surface area (Å²) in [5.74, 6) is 0.241. The van der Waals surface area contributed by atoms with Crippen molar-refractivity contribution in [3.8, 4) is 5.75 Å². The Morgan fingerprint density at radius 1 is 1.12 bits per heavy atom. The summed E-state index contributed by atoms with van der Waals surface area (Å²) in [6.07, 6.45) is 3.14. The number of amides is 2. The Balaban J connectivity index is 1.93. The number of benzene rings is 2. The second-order valence-electron chi connectivity index (χ2n) is 6.23. The second kappa shape index (κ2) is 8.85. The third-order valence-corrected chi connectivity index (χ3v) is 3.77. The first kappa shape index (κ1) is 19.2. The number of carbonyl (C=O) groups excluding carboxylic acids is 2. The topological polar surface area (TPSA) is 58.6 Å². The zero-order chi connectivity index (χ0) is 19.1. The number of anilines is 1. The van der Waals surface area contributed by atoms with E-state index in [0.29, 0.717) is 0 Å². The molecule has 0 spiro atoms. The normalized spacial score (nSPS) is 10.6. The maximum atomic E-state index is 12.2. The molecule has 0 aromatic heterocycles. The molecule has 0 bridgehead atoms. The van der Waals surface area contributed by atoms with Crippen LogP contribution in [0.4, 0.5) is 5.69 Å². The van der Waals surface area contributed by atoms with E-state index in [1.807, 2.05) is 56.3 Å². The van der Waals surface area contributed by atoms with Gasteiger partial charge in [-0.25, -0.2) is 0 Å². The Morgan fingerprint density at radius 3 is 2.46 bits per heavy atom. The lowest BCUT2D eigenvalue weighted by Gasteiger charge is -2.15. The largest absolute Gasteiger partial charge is 0.497 e. The monoisotopic (exact) mass is 352 g/mol. The van der Waals surface area contributed by atoms with Crippen LogP contribution < -0.4 is 10.1 Å². The van der Waals surface area contributed by atoms with Gasteiger partial charge in [-0.2, -0.15) is 0 Å². The Kier molecular flexibility index (Phi) is 6.55. The predicted molar refractivity (Wildman–Crippen MR) is 104 cm³/mol. The molecule has 0 saturated carbocycles. The van der Waals surface area contributed by atoms with Gasteiger partial charge in [0, 0.05) is 18.8 Å². The van der Waals surface area contributed by atoms with Crippen molar-refractivity contribution in [2.45, 2.75) is 13.8 Å². The van der Waals surface area contributed by atoms with Gasteiger partial charge < -0.3 is 15.0 Å². The van der Waals surface area contributed by atoms with Crippen molar-refractivity contribution < 1.29 is 14.3 Å². The van der Waals surface area contributed by atoms with Crippen LogP contribution in [0.5, 0.6) is 5.75 Å². The maximum absolute atomic E-state index is 12.2. The highest BCUT2D eigenvalue weighted by Gasteiger charge is 2.11. The first-order valence-corrected chi connectivity index (χ1v) is 8.33. The van der Waals surface area contributed by atoms with E-state index < -0.39 is 0 Å². The van der Waals surface area contributed by atoms with Crippen LogP contribution in [-0.4, -0.2) is 37.4 Å². The Bertz CT molecular complexity index is 808. The van der Waals surface area contributed by atoms with E-state index in [4.69, 9.17) is 4.74 Å². The van der Waals surface area contributed by atoms with E-state index in [2.05, 4.69) is 5.32 Å². The third-order valence-electron chi connectivity index (χ3n) is 3.77. The van der Waals surface area contributed by atoms with E-state index in [9.17, 15) is 9.59 Å². The summed E-state index contributed by atoms with van der Waals surface area (Å²) in [4.78, 5) is 25.7. The molecule has 0 heterocycles. The molecule has 0 fully saturated rings. The summed E-state index contributed by atoms with van der Waals surface area (Å²) in [7, 11) is 3.19. The molecular weight excluding hydrogens is 328 g/mol. The summed E-state index contributed by atoms with van der Waals surface area (Å²) in [6.45, 7) is 3.93. The van der Waals surface area contributed by atoms with Gasteiger partial charge in [0.05, 0.1) is 13.7 Å². The molecule has 26 heavy (non-hydrogen) atoms. The Labute approximate surface area is 154 Å². The van der Waals surface area contributed by atoms with Crippen LogP contribution in [0.25, 0.3) is 6.08 Å². The zero-order valence-electron chi connectivity index (χ0n) is 15.6. The predicted octanol–water partition coefficient (Wildman–Crippen LogP) is 3.42. The number of hydrogen-bond donors (Lipinski definition) is 1. The van der Waals surface area contributed by atoms with Gasteiger partial charge in [-0.1, -0.05) is 18.2 Å². The third kappa shape index (κ3) is 5.77. The van der Waals surface area contributed by atoms with Crippen molar-refractivity contribution in [3.05, 3.63) is 65.2 Å². The molecule has 0 aliphatic rings. The van der Waals surface area contributed by atoms with Crippen molar-refractivity contribution >= 4 is 23.6 Å². The number of nitrogens with zero attached hydrogens (tertiary/aromatic N) is 1. The lowest BCUT2D eigenvalue weighted by molar-refractivity contribution is -0.129. The van der Waals surface area contributed by atoms with Gasteiger partial charge in [0.15, 0.2) is 0 Å². The molecule has 2 aromatic rings. The summed E-state index contributed by atoms with van der Waals surface area (Å²) < 4.78 is 5.15. The molecule has 1 N–H and O–H groups in total. The van der Waals surface area contributed by atoms with Gasteiger partial charge in [0.2, 0.25) is 11.8 Å². The van der Waals surface area contributed by atoms with Crippen molar-refractivity contribution in [2.24, 2.45) is 0 Å². The van der Waals surface area contributed by atoms with E-state index in [0.717, 1.165) is 28.1 Å². The van der Waals surface area contributed by atoms with E-state index in [1.165, 1.54) is 11.0 Å². The van der Waals surface area contributed by atoms with Gasteiger partial charge in [0.1, 0.15) is 5.75 Å². The highest BCUT2D eigenvalue weighted by atomic mass is 16.5.